The molecule has 0 aromatic carbocycles. The molecule has 1 rings (SSSR count). The van der Waals surface area contributed by atoms with E-state index in [-0.39, 0.29) is 24.4 Å². The molecule has 0 aliphatic carbocycles. The second-order valence-corrected chi connectivity index (χ2v) is 15.1. The maximum absolute atomic E-state index is 14.0. The summed E-state index contributed by atoms with van der Waals surface area (Å²) in [4.78, 5) is 47.8. The Balaban J connectivity index is 2.56. The maximum Gasteiger partial charge on any atom is 0.411 e. The Morgan fingerprint density at radius 2 is 1.26 bits per heavy atom. The molecule has 1 fully saturated rings. The standard InChI is InChI=1S/C38H73N5O4/c1-9-10-11-12-13-14-15-16-17-18-19-20-21-22-23-26-35(44)39-33-31-34(43(32-33)37(46)47-38(2,3)4)36(45)42(29-24-27-40(5)6)30-25-28-41(7)8/h16-17,33-34H,9-15,18-32H2,1-8H3,(H,39,44)/b17-16-/t33-,34-/m0/s1. The van der Waals surface area contributed by atoms with Gasteiger partial charge in [-0.2, -0.15) is 0 Å². The van der Waals surface area contributed by atoms with Crippen LogP contribution in [0.1, 0.15) is 137 Å². The van der Waals surface area contributed by atoms with E-state index < -0.39 is 17.7 Å². The van der Waals surface area contributed by atoms with Crippen molar-refractivity contribution in [2.75, 3.05) is 60.9 Å². The number of ether oxygens (including phenoxy) is 1. The number of carbonyl (C=O) groups excluding carboxylic acids is 3. The number of amides is 3. The maximum atomic E-state index is 14.0. The molecule has 0 aromatic rings. The van der Waals surface area contributed by atoms with Crippen molar-refractivity contribution in [3.63, 3.8) is 0 Å². The number of unbranched alkanes of at least 4 members (excludes halogenated alkanes) is 11. The highest BCUT2D eigenvalue weighted by atomic mass is 16.6. The fourth-order valence-electron chi connectivity index (χ4n) is 6.05. The second-order valence-electron chi connectivity index (χ2n) is 15.1. The zero-order valence-electron chi connectivity index (χ0n) is 31.8. The number of rotatable bonds is 25. The third-order valence-electron chi connectivity index (χ3n) is 8.62. The van der Waals surface area contributed by atoms with Gasteiger partial charge < -0.3 is 24.8 Å². The van der Waals surface area contributed by atoms with E-state index >= 15 is 0 Å². The van der Waals surface area contributed by atoms with Crippen molar-refractivity contribution in [1.29, 1.82) is 0 Å². The summed E-state index contributed by atoms with van der Waals surface area (Å²) in [7, 11) is 8.13. The van der Waals surface area contributed by atoms with Crippen LogP contribution in [0.3, 0.4) is 0 Å². The van der Waals surface area contributed by atoms with Gasteiger partial charge in [0.05, 0.1) is 0 Å². The van der Waals surface area contributed by atoms with E-state index in [9.17, 15) is 14.4 Å². The molecule has 0 unspecified atom stereocenters. The Hall–Kier alpha value is -2.13. The molecule has 0 saturated carbocycles. The van der Waals surface area contributed by atoms with Crippen LogP contribution in [0.2, 0.25) is 0 Å². The lowest BCUT2D eigenvalue weighted by molar-refractivity contribution is -0.136. The fourth-order valence-corrected chi connectivity index (χ4v) is 6.05. The largest absolute Gasteiger partial charge is 0.444 e. The lowest BCUT2D eigenvalue weighted by Crippen LogP contribution is -2.50. The van der Waals surface area contributed by atoms with Crippen molar-refractivity contribution in [2.45, 2.75) is 155 Å². The molecule has 0 bridgehead atoms. The van der Waals surface area contributed by atoms with Crippen LogP contribution >= 0.6 is 0 Å². The lowest BCUT2D eigenvalue weighted by atomic mass is 10.1. The van der Waals surface area contributed by atoms with E-state index in [1.807, 2.05) is 53.9 Å². The molecule has 2 atom stereocenters. The Kier molecular flexibility index (Phi) is 22.8. The summed E-state index contributed by atoms with van der Waals surface area (Å²) < 4.78 is 5.71. The molecular formula is C38H73N5O4. The van der Waals surface area contributed by atoms with Crippen molar-refractivity contribution in [1.82, 2.24) is 24.9 Å². The van der Waals surface area contributed by atoms with Crippen LogP contribution in [0, 0.1) is 0 Å². The molecule has 1 heterocycles. The first kappa shape index (κ1) is 42.9. The van der Waals surface area contributed by atoms with E-state index in [0.29, 0.717) is 25.9 Å². The lowest BCUT2D eigenvalue weighted by Gasteiger charge is -2.32. The van der Waals surface area contributed by atoms with Crippen LogP contribution in [0.4, 0.5) is 4.79 Å². The number of nitrogens with one attached hydrogen (secondary N) is 1. The smallest absolute Gasteiger partial charge is 0.411 e. The molecule has 47 heavy (non-hydrogen) atoms. The molecule has 9 heteroatoms. The summed E-state index contributed by atoms with van der Waals surface area (Å²) >= 11 is 0. The summed E-state index contributed by atoms with van der Waals surface area (Å²) in [5, 5.41) is 3.13. The number of likely N-dealkylation sites (tertiary alicyclic amines) is 1. The Labute approximate surface area is 289 Å². The van der Waals surface area contributed by atoms with Gasteiger partial charge in [-0.3, -0.25) is 14.5 Å². The minimum absolute atomic E-state index is 0.00122. The highest BCUT2D eigenvalue weighted by molar-refractivity contribution is 5.87. The van der Waals surface area contributed by atoms with Crippen LogP contribution in [-0.4, -0.2) is 116 Å². The molecule has 1 aliphatic rings. The van der Waals surface area contributed by atoms with Gasteiger partial charge in [0.15, 0.2) is 0 Å². The van der Waals surface area contributed by atoms with Crippen molar-refractivity contribution in [2.24, 2.45) is 0 Å². The highest BCUT2D eigenvalue weighted by Crippen LogP contribution is 2.24. The van der Waals surface area contributed by atoms with Gasteiger partial charge in [0.2, 0.25) is 11.8 Å². The van der Waals surface area contributed by atoms with Crippen LogP contribution in [0.15, 0.2) is 12.2 Å². The predicted molar refractivity (Wildman–Crippen MR) is 196 cm³/mol. The predicted octanol–water partition coefficient (Wildman–Crippen LogP) is 7.25. The van der Waals surface area contributed by atoms with Crippen LogP contribution in [-0.2, 0) is 14.3 Å². The zero-order valence-corrected chi connectivity index (χ0v) is 31.8. The summed E-state index contributed by atoms with van der Waals surface area (Å²) in [6.07, 6.45) is 22.7. The fraction of sp³-hybridized carbons (Fsp3) is 0.868. The molecule has 0 spiro atoms. The molecule has 9 nitrogen and oxygen atoms in total. The van der Waals surface area contributed by atoms with E-state index in [4.69, 9.17) is 4.74 Å². The van der Waals surface area contributed by atoms with Gasteiger partial charge in [0.25, 0.3) is 0 Å². The van der Waals surface area contributed by atoms with Crippen molar-refractivity contribution in [3.05, 3.63) is 12.2 Å². The van der Waals surface area contributed by atoms with Crippen LogP contribution in [0.5, 0.6) is 0 Å². The van der Waals surface area contributed by atoms with E-state index in [0.717, 1.165) is 51.6 Å². The quantitative estimate of drug-likeness (QED) is 0.0819. The van der Waals surface area contributed by atoms with Crippen LogP contribution in [0.25, 0.3) is 0 Å². The topological polar surface area (TPSA) is 85.4 Å². The zero-order chi connectivity index (χ0) is 35.1. The summed E-state index contributed by atoms with van der Waals surface area (Å²) in [6, 6.07) is -0.911. The van der Waals surface area contributed by atoms with Crippen molar-refractivity contribution < 1.29 is 19.1 Å². The van der Waals surface area contributed by atoms with Gasteiger partial charge in [-0.1, -0.05) is 70.4 Å². The number of nitrogens with zero attached hydrogens (tertiary/aromatic N) is 4. The SMILES string of the molecule is CCCCCCCC/C=C\CCCCCCCC(=O)N[C@H]1C[C@@H](C(=O)N(CCCN(C)C)CCCN(C)C)N(C(=O)OC(C)(C)C)C1. The number of carbonyl (C=O) groups is 3. The first-order valence-corrected chi connectivity index (χ1v) is 18.9. The molecule has 1 aliphatic heterocycles. The number of hydrogen-bond acceptors (Lipinski definition) is 6. The molecule has 3 amide bonds. The van der Waals surface area contributed by atoms with Gasteiger partial charge in [0.1, 0.15) is 11.6 Å². The molecule has 274 valence electrons. The molecular weight excluding hydrogens is 590 g/mol. The molecule has 0 radical (unpaired) electrons. The Morgan fingerprint density at radius 3 is 1.77 bits per heavy atom. The van der Waals surface area contributed by atoms with E-state index in [1.165, 1.54) is 57.8 Å². The Bertz CT molecular complexity index is 872. The number of allylic oxidation sites excluding steroid dienone is 2. The summed E-state index contributed by atoms with van der Waals surface area (Å²) in [5.74, 6) is -0.0546. The minimum Gasteiger partial charge on any atom is -0.444 e. The first-order chi connectivity index (χ1) is 22.3. The van der Waals surface area contributed by atoms with Gasteiger partial charge in [-0.25, -0.2) is 4.79 Å². The molecule has 1 N–H and O–H groups in total. The Morgan fingerprint density at radius 1 is 0.745 bits per heavy atom. The molecule has 1 saturated heterocycles. The van der Waals surface area contributed by atoms with E-state index in [1.54, 1.807) is 4.90 Å². The number of hydrogen-bond donors (Lipinski definition) is 1. The monoisotopic (exact) mass is 664 g/mol. The normalized spacial score (nSPS) is 16.9. The van der Waals surface area contributed by atoms with Gasteiger partial charge in [0, 0.05) is 32.1 Å². The van der Waals surface area contributed by atoms with Gasteiger partial charge >= 0.3 is 6.09 Å². The van der Waals surface area contributed by atoms with E-state index in [2.05, 4.69) is 34.2 Å². The van der Waals surface area contributed by atoms with Gasteiger partial charge in [-0.15, -0.1) is 0 Å². The minimum atomic E-state index is -0.674. The third-order valence-corrected chi connectivity index (χ3v) is 8.62. The molecule has 0 aromatic heterocycles. The average molecular weight is 664 g/mol. The van der Waals surface area contributed by atoms with Crippen LogP contribution < -0.4 is 5.32 Å². The highest BCUT2D eigenvalue weighted by Gasteiger charge is 2.43. The summed E-state index contributed by atoms with van der Waals surface area (Å²) in [6.45, 7) is 11.1. The van der Waals surface area contributed by atoms with Crippen molar-refractivity contribution >= 4 is 17.9 Å². The first-order valence-electron chi connectivity index (χ1n) is 18.9. The summed E-state index contributed by atoms with van der Waals surface area (Å²) in [5.41, 5.74) is -0.674. The average Bonchev–Trinajstić information content (AvgIpc) is 3.40. The second kappa shape index (κ2) is 24.9. The third kappa shape index (κ3) is 21.5. The van der Waals surface area contributed by atoms with Crippen molar-refractivity contribution in [3.8, 4) is 0 Å². The van der Waals surface area contributed by atoms with Gasteiger partial charge in [-0.05, 0) is 113 Å².